The summed E-state index contributed by atoms with van der Waals surface area (Å²) in [5.41, 5.74) is 0.437. The average molecular weight is 430 g/mol. The van der Waals surface area contributed by atoms with Crippen molar-refractivity contribution in [2.45, 2.75) is 24.3 Å². The Balaban J connectivity index is 1.66. The topological polar surface area (TPSA) is 122 Å². The number of phenols is 1. The fourth-order valence-electron chi connectivity index (χ4n) is 2.87. The zero-order valence-electron chi connectivity index (χ0n) is 16.6. The third-order valence-corrected chi connectivity index (χ3v) is 6.37. The van der Waals surface area contributed by atoms with Gasteiger partial charge in [-0.05, 0) is 36.8 Å². The van der Waals surface area contributed by atoms with Crippen LogP contribution in [-0.4, -0.2) is 47.4 Å². The molecule has 0 bridgehead atoms. The standard InChI is InChI=1S/C20H22N4O5S/c1-23(2)30(28,29)14-9-10-18(25)17(12-14)22-19(26)8-5-11-24-13-21-16-7-4-3-6-15(16)20(24)27/h3-4,6-7,9-10,12-13,25H,5,8,11H2,1-2H3,(H,22,26). The quantitative estimate of drug-likeness (QED) is 0.551. The maximum absolute atomic E-state index is 12.5. The van der Waals surface area contributed by atoms with E-state index in [0.29, 0.717) is 23.9 Å². The number of carbonyl (C=O) groups is 1. The highest BCUT2D eigenvalue weighted by atomic mass is 32.2. The first-order valence-corrected chi connectivity index (χ1v) is 10.6. The first-order chi connectivity index (χ1) is 14.2. The van der Waals surface area contributed by atoms with E-state index in [2.05, 4.69) is 10.3 Å². The molecule has 158 valence electrons. The Labute approximate surface area is 173 Å². The summed E-state index contributed by atoms with van der Waals surface area (Å²) in [7, 11) is -0.916. The molecule has 3 rings (SSSR count). The molecular weight excluding hydrogens is 408 g/mol. The number of hydrogen-bond donors (Lipinski definition) is 2. The highest BCUT2D eigenvalue weighted by Gasteiger charge is 2.19. The van der Waals surface area contributed by atoms with Gasteiger partial charge in [-0.15, -0.1) is 0 Å². The molecule has 0 atom stereocenters. The number of hydrogen-bond acceptors (Lipinski definition) is 6. The van der Waals surface area contributed by atoms with E-state index in [-0.39, 0.29) is 28.3 Å². The van der Waals surface area contributed by atoms with E-state index in [1.807, 2.05) is 0 Å². The Bertz CT molecular complexity index is 1250. The molecule has 0 aliphatic carbocycles. The van der Waals surface area contributed by atoms with Crippen LogP contribution in [0.5, 0.6) is 5.75 Å². The third kappa shape index (κ3) is 4.50. The van der Waals surface area contributed by atoms with Crippen LogP contribution >= 0.6 is 0 Å². The number of aromatic hydroxyl groups is 1. The van der Waals surface area contributed by atoms with Crippen LogP contribution in [0.3, 0.4) is 0 Å². The van der Waals surface area contributed by atoms with Gasteiger partial charge in [0.05, 0.1) is 27.8 Å². The monoisotopic (exact) mass is 430 g/mol. The number of benzene rings is 2. The van der Waals surface area contributed by atoms with E-state index in [1.165, 1.54) is 43.2 Å². The molecule has 0 spiro atoms. The van der Waals surface area contributed by atoms with Gasteiger partial charge in [0.1, 0.15) is 5.75 Å². The van der Waals surface area contributed by atoms with Crippen LogP contribution in [0.2, 0.25) is 0 Å². The molecule has 1 amide bonds. The molecule has 0 saturated heterocycles. The number of rotatable bonds is 7. The lowest BCUT2D eigenvalue weighted by Gasteiger charge is -2.14. The Morgan fingerprint density at radius 1 is 1.20 bits per heavy atom. The molecule has 0 fully saturated rings. The third-order valence-electron chi connectivity index (χ3n) is 4.56. The van der Waals surface area contributed by atoms with Crippen LogP contribution in [-0.2, 0) is 21.4 Å². The van der Waals surface area contributed by atoms with Gasteiger partial charge in [-0.3, -0.25) is 14.2 Å². The highest BCUT2D eigenvalue weighted by Crippen LogP contribution is 2.27. The average Bonchev–Trinajstić information content (AvgIpc) is 2.71. The van der Waals surface area contributed by atoms with Crippen LogP contribution < -0.4 is 10.9 Å². The van der Waals surface area contributed by atoms with Gasteiger partial charge in [0.25, 0.3) is 5.56 Å². The summed E-state index contributed by atoms with van der Waals surface area (Å²) in [6.45, 7) is 0.297. The molecule has 2 N–H and O–H groups in total. The van der Waals surface area contributed by atoms with Crippen molar-refractivity contribution < 1.29 is 18.3 Å². The summed E-state index contributed by atoms with van der Waals surface area (Å²) in [6, 6.07) is 10.7. The number of sulfonamides is 1. The molecule has 10 heteroatoms. The predicted octanol–water partition coefficient (Wildman–Crippen LogP) is 1.77. The lowest BCUT2D eigenvalue weighted by molar-refractivity contribution is -0.116. The van der Waals surface area contributed by atoms with E-state index in [1.54, 1.807) is 24.3 Å². The second kappa shape index (κ2) is 8.64. The molecule has 0 aliphatic heterocycles. The zero-order chi connectivity index (χ0) is 21.9. The summed E-state index contributed by atoms with van der Waals surface area (Å²) >= 11 is 0. The van der Waals surface area contributed by atoms with Gasteiger partial charge in [0.15, 0.2) is 0 Å². The Morgan fingerprint density at radius 2 is 1.93 bits per heavy atom. The van der Waals surface area contributed by atoms with Gasteiger partial charge >= 0.3 is 0 Å². The molecule has 2 aromatic carbocycles. The molecule has 1 aromatic heterocycles. The van der Waals surface area contributed by atoms with Gasteiger partial charge < -0.3 is 10.4 Å². The van der Waals surface area contributed by atoms with Gasteiger partial charge in [0, 0.05) is 27.1 Å². The maximum Gasteiger partial charge on any atom is 0.261 e. The minimum Gasteiger partial charge on any atom is -0.506 e. The number of phenolic OH excluding ortho intramolecular Hbond substituents is 1. The summed E-state index contributed by atoms with van der Waals surface area (Å²) < 4.78 is 26.9. The summed E-state index contributed by atoms with van der Waals surface area (Å²) in [6.07, 6.45) is 1.88. The SMILES string of the molecule is CN(C)S(=O)(=O)c1ccc(O)c(NC(=O)CCCn2cnc3ccccc3c2=O)c1. The minimum atomic E-state index is -3.70. The van der Waals surface area contributed by atoms with E-state index >= 15 is 0 Å². The van der Waals surface area contributed by atoms with Crippen molar-refractivity contribution in [2.24, 2.45) is 0 Å². The number of carbonyl (C=O) groups excluding carboxylic acids is 1. The lowest BCUT2D eigenvalue weighted by Crippen LogP contribution is -2.23. The van der Waals surface area contributed by atoms with Gasteiger partial charge in [-0.1, -0.05) is 12.1 Å². The largest absolute Gasteiger partial charge is 0.506 e. The highest BCUT2D eigenvalue weighted by molar-refractivity contribution is 7.89. The van der Waals surface area contributed by atoms with Gasteiger partial charge in [0.2, 0.25) is 15.9 Å². The molecule has 0 unspecified atom stereocenters. The number of anilines is 1. The molecule has 0 saturated carbocycles. The van der Waals surface area contributed by atoms with Crippen molar-refractivity contribution in [3.05, 3.63) is 59.1 Å². The number of para-hydroxylation sites is 1. The molecular formula is C20H22N4O5S. The summed E-state index contributed by atoms with van der Waals surface area (Å²) in [4.78, 5) is 28.9. The molecule has 0 aliphatic rings. The number of aromatic nitrogens is 2. The van der Waals surface area contributed by atoms with E-state index < -0.39 is 15.9 Å². The van der Waals surface area contributed by atoms with Crippen molar-refractivity contribution in [1.29, 1.82) is 0 Å². The van der Waals surface area contributed by atoms with Crippen LogP contribution in [0.4, 0.5) is 5.69 Å². The fourth-order valence-corrected chi connectivity index (χ4v) is 3.80. The molecule has 9 nitrogen and oxygen atoms in total. The molecule has 3 aromatic rings. The van der Waals surface area contributed by atoms with Crippen molar-refractivity contribution in [2.75, 3.05) is 19.4 Å². The number of nitrogens with one attached hydrogen (secondary N) is 1. The number of fused-ring (bicyclic) bond motifs is 1. The molecule has 30 heavy (non-hydrogen) atoms. The second-order valence-electron chi connectivity index (χ2n) is 6.88. The predicted molar refractivity (Wildman–Crippen MR) is 113 cm³/mol. The van der Waals surface area contributed by atoms with Crippen LogP contribution in [0, 0.1) is 0 Å². The van der Waals surface area contributed by atoms with E-state index in [4.69, 9.17) is 0 Å². The first-order valence-electron chi connectivity index (χ1n) is 9.20. The van der Waals surface area contributed by atoms with Crippen LogP contribution in [0.25, 0.3) is 10.9 Å². The lowest BCUT2D eigenvalue weighted by atomic mass is 10.2. The number of nitrogens with zero attached hydrogens (tertiary/aromatic N) is 3. The number of aryl methyl sites for hydroxylation is 1. The summed E-state index contributed by atoms with van der Waals surface area (Å²) in [5.74, 6) is -0.650. The van der Waals surface area contributed by atoms with E-state index in [9.17, 15) is 23.1 Å². The van der Waals surface area contributed by atoms with Crippen molar-refractivity contribution in [3.63, 3.8) is 0 Å². The Kier molecular flexibility index (Phi) is 6.18. The minimum absolute atomic E-state index is 0.00691. The van der Waals surface area contributed by atoms with Crippen molar-refractivity contribution in [3.8, 4) is 5.75 Å². The smallest absolute Gasteiger partial charge is 0.261 e. The van der Waals surface area contributed by atoms with Crippen LogP contribution in [0.1, 0.15) is 12.8 Å². The zero-order valence-corrected chi connectivity index (χ0v) is 17.4. The van der Waals surface area contributed by atoms with Crippen molar-refractivity contribution in [1.82, 2.24) is 13.9 Å². The maximum atomic E-state index is 12.5. The second-order valence-corrected chi connectivity index (χ2v) is 9.03. The Morgan fingerprint density at radius 3 is 2.67 bits per heavy atom. The molecule has 0 radical (unpaired) electrons. The van der Waals surface area contributed by atoms with Gasteiger partial charge in [-0.25, -0.2) is 17.7 Å². The molecule has 1 heterocycles. The first kappa shape index (κ1) is 21.5. The normalized spacial score (nSPS) is 11.7. The number of amides is 1. The van der Waals surface area contributed by atoms with Gasteiger partial charge in [-0.2, -0.15) is 0 Å². The van der Waals surface area contributed by atoms with Crippen LogP contribution in [0.15, 0.2) is 58.5 Å². The Hall–Kier alpha value is -3.24. The fraction of sp³-hybridized carbons (Fsp3) is 0.250. The summed E-state index contributed by atoms with van der Waals surface area (Å²) in [5, 5.41) is 13.0. The van der Waals surface area contributed by atoms with E-state index in [0.717, 1.165) is 4.31 Å². The van der Waals surface area contributed by atoms with Crippen molar-refractivity contribution >= 4 is 32.5 Å².